The van der Waals surface area contributed by atoms with Gasteiger partial charge in [-0.05, 0) is 37.6 Å². The number of rotatable bonds is 6. The average molecular weight is 459 g/mol. The minimum Gasteiger partial charge on any atom is -0.463 e. The third-order valence-corrected chi connectivity index (χ3v) is 6.00. The number of hydrogen-bond donors (Lipinski definition) is 1. The zero-order valence-corrected chi connectivity index (χ0v) is 18.3. The predicted octanol–water partition coefficient (Wildman–Crippen LogP) is 5.80. The normalized spacial score (nSPS) is 16.4. The molecule has 0 aromatic heterocycles. The quantitative estimate of drug-likeness (QED) is 0.438. The topological polar surface area (TPSA) is 62.1 Å². The zero-order chi connectivity index (χ0) is 23.3. The Morgan fingerprint density at radius 2 is 1.81 bits per heavy atom. The molecule has 0 saturated heterocycles. The summed E-state index contributed by atoms with van der Waals surface area (Å²) in [6.07, 6.45) is -4.64. The summed E-state index contributed by atoms with van der Waals surface area (Å²) in [7, 11) is 0. The van der Waals surface area contributed by atoms with Gasteiger partial charge in [-0.3, -0.25) is 0 Å². The third-order valence-electron chi connectivity index (χ3n) is 4.96. The van der Waals surface area contributed by atoms with Gasteiger partial charge in [0, 0.05) is 22.0 Å². The fourth-order valence-corrected chi connectivity index (χ4v) is 4.50. The minimum atomic E-state index is -4.64. The van der Waals surface area contributed by atoms with Crippen molar-refractivity contribution in [1.82, 2.24) is 5.32 Å². The van der Waals surface area contributed by atoms with Crippen molar-refractivity contribution in [3.05, 3.63) is 88.3 Å². The van der Waals surface area contributed by atoms with Crippen molar-refractivity contribution in [3.8, 4) is 6.07 Å². The summed E-state index contributed by atoms with van der Waals surface area (Å²) in [5, 5.41) is 13.1. The van der Waals surface area contributed by atoms with Crippen LogP contribution in [0.15, 0.2) is 82.0 Å². The number of dihydropyridines is 1. The summed E-state index contributed by atoms with van der Waals surface area (Å²) < 4.78 is 46.6. The fourth-order valence-electron chi connectivity index (χ4n) is 3.61. The average Bonchev–Trinajstić information content (AvgIpc) is 2.77. The molecule has 0 amide bonds. The van der Waals surface area contributed by atoms with Crippen molar-refractivity contribution in [2.24, 2.45) is 0 Å². The molecule has 4 nitrogen and oxygen atoms in total. The third kappa shape index (κ3) is 5.00. The SMILES string of the molecule is CCOC(=O)C1=C(C)NC(CSc2ccccc2)=C(C#N)C1c1ccccc1C(F)(F)F. The van der Waals surface area contributed by atoms with E-state index in [2.05, 4.69) is 11.4 Å². The summed E-state index contributed by atoms with van der Waals surface area (Å²) in [5.41, 5.74) is -0.124. The molecule has 1 heterocycles. The van der Waals surface area contributed by atoms with Crippen molar-refractivity contribution in [2.75, 3.05) is 12.4 Å². The Balaban J connectivity index is 2.14. The number of carbonyl (C=O) groups is 1. The molecule has 0 bridgehead atoms. The lowest BCUT2D eigenvalue weighted by Crippen LogP contribution is -2.31. The Labute approximate surface area is 188 Å². The monoisotopic (exact) mass is 458 g/mol. The molecule has 1 atom stereocenters. The molecule has 166 valence electrons. The highest BCUT2D eigenvalue weighted by Crippen LogP contribution is 2.44. The second-order valence-electron chi connectivity index (χ2n) is 7.01. The lowest BCUT2D eigenvalue weighted by molar-refractivity contribution is -0.140. The maximum Gasteiger partial charge on any atom is 0.416 e. The summed E-state index contributed by atoms with van der Waals surface area (Å²) in [6, 6.07) is 16.5. The van der Waals surface area contributed by atoms with Gasteiger partial charge in [0.05, 0.1) is 35.3 Å². The number of nitrogens with one attached hydrogen (secondary N) is 1. The molecule has 0 spiro atoms. The molecule has 0 saturated carbocycles. The van der Waals surface area contributed by atoms with Crippen LogP contribution in [-0.4, -0.2) is 18.3 Å². The maximum atomic E-state index is 13.8. The van der Waals surface area contributed by atoms with Gasteiger partial charge in [0.15, 0.2) is 0 Å². The van der Waals surface area contributed by atoms with E-state index in [0.717, 1.165) is 11.0 Å². The molecular formula is C24H21F3N2O2S. The van der Waals surface area contributed by atoms with Crippen LogP contribution in [0.4, 0.5) is 13.2 Å². The van der Waals surface area contributed by atoms with Crippen LogP contribution in [0.1, 0.15) is 30.9 Å². The molecule has 1 unspecified atom stereocenters. The largest absolute Gasteiger partial charge is 0.463 e. The number of alkyl halides is 3. The minimum absolute atomic E-state index is 0.00793. The van der Waals surface area contributed by atoms with Crippen LogP contribution >= 0.6 is 11.8 Å². The summed E-state index contributed by atoms with van der Waals surface area (Å²) in [5.74, 6) is -1.61. The smallest absolute Gasteiger partial charge is 0.416 e. The maximum absolute atomic E-state index is 13.8. The van der Waals surface area contributed by atoms with Gasteiger partial charge in [0.25, 0.3) is 0 Å². The van der Waals surface area contributed by atoms with Crippen LogP contribution in [0.3, 0.4) is 0 Å². The van der Waals surface area contributed by atoms with Crippen LogP contribution in [0.25, 0.3) is 0 Å². The number of halogens is 3. The molecule has 1 aliphatic heterocycles. The Morgan fingerprint density at radius 1 is 1.16 bits per heavy atom. The molecule has 0 radical (unpaired) electrons. The molecule has 2 aromatic rings. The van der Waals surface area contributed by atoms with Crippen molar-refractivity contribution < 1.29 is 22.7 Å². The second-order valence-corrected chi connectivity index (χ2v) is 8.06. The first-order valence-corrected chi connectivity index (χ1v) is 10.9. The van der Waals surface area contributed by atoms with E-state index in [-0.39, 0.29) is 23.3 Å². The van der Waals surface area contributed by atoms with Gasteiger partial charge in [-0.15, -0.1) is 11.8 Å². The number of ether oxygens (including phenoxy) is 1. The van der Waals surface area contributed by atoms with Crippen LogP contribution < -0.4 is 5.32 Å². The predicted molar refractivity (Wildman–Crippen MR) is 116 cm³/mol. The van der Waals surface area contributed by atoms with Crippen LogP contribution in [0.2, 0.25) is 0 Å². The lowest BCUT2D eigenvalue weighted by atomic mass is 9.79. The highest BCUT2D eigenvalue weighted by atomic mass is 32.2. The van der Waals surface area contributed by atoms with Gasteiger partial charge < -0.3 is 10.1 Å². The standard InChI is InChI=1S/C24H21F3N2O2S/c1-3-31-23(30)21-15(2)29-20(14-32-16-9-5-4-6-10-16)18(13-28)22(21)17-11-7-8-12-19(17)24(25,26)27/h4-12,22,29H,3,14H2,1-2H3. The number of hydrogen-bond acceptors (Lipinski definition) is 5. The highest BCUT2D eigenvalue weighted by Gasteiger charge is 2.41. The van der Waals surface area contributed by atoms with E-state index in [1.54, 1.807) is 13.8 Å². The van der Waals surface area contributed by atoms with E-state index in [4.69, 9.17) is 4.74 Å². The highest BCUT2D eigenvalue weighted by molar-refractivity contribution is 7.99. The van der Waals surface area contributed by atoms with E-state index >= 15 is 0 Å². The molecule has 0 aliphatic carbocycles. The van der Waals surface area contributed by atoms with Crippen molar-refractivity contribution in [2.45, 2.75) is 30.8 Å². The Morgan fingerprint density at radius 3 is 2.44 bits per heavy atom. The molecule has 1 aliphatic rings. The molecule has 8 heteroatoms. The number of nitriles is 1. The summed E-state index contributed by atoms with van der Waals surface area (Å²) in [4.78, 5) is 13.7. The molecule has 1 N–H and O–H groups in total. The Kier molecular flexibility index (Phi) is 7.31. The number of allylic oxidation sites excluding steroid dienone is 2. The number of benzene rings is 2. The van der Waals surface area contributed by atoms with Crippen LogP contribution in [-0.2, 0) is 15.7 Å². The molecule has 3 rings (SSSR count). The zero-order valence-electron chi connectivity index (χ0n) is 17.5. The van der Waals surface area contributed by atoms with Gasteiger partial charge in [-0.2, -0.15) is 18.4 Å². The molecular weight excluding hydrogens is 437 g/mol. The van der Waals surface area contributed by atoms with Crippen molar-refractivity contribution in [1.29, 1.82) is 5.26 Å². The first-order valence-electron chi connectivity index (χ1n) is 9.89. The van der Waals surface area contributed by atoms with Crippen LogP contribution in [0.5, 0.6) is 0 Å². The molecule has 0 fully saturated rings. The van der Waals surface area contributed by atoms with Gasteiger partial charge in [-0.1, -0.05) is 36.4 Å². The van der Waals surface area contributed by atoms with Crippen LogP contribution in [0, 0.1) is 11.3 Å². The number of thioether (sulfide) groups is 1. The van der Waals surface area contributed by atoms with Crippen molar-refractivity contribution >= 4 is 17.7 Å². The summed E-state index contributed by atoms with van der Waals surface area (Å²) in [6.45, 7) is 3.29. The fraction of sp³-hybridized carbons (Fsp3) is 0.250. The number of esters is 1. The first kappa shape index (κ1) is 23.5. The van der Waals surface area contributed by atoms with E-state index in [0.29, 0.717) is 17.1 Å². The molecule has 32 heavy (non-hydrogen) atoms. The van der Waals surface area contributed by atoms with E-state index in [1.807, 2.05) is 30.3 Å². The first-order chi connectivity index (χ1) is 15.3. The van der Waals surface area contributed by atoms with Gasteiger partial charge in [0.1, 0.15) is 0 Å². The van der Waals surface area contributed by atoms with Gasteiger partial charge in [0.2, 0.25) is 0 Å². The van der Waals surface area contributed by atoms with Gasteiger partial charge in [-0.25, -0.2) is 4.79 Å². The lowest BCUT2D eigenvalue weighted by Gasteiger charge is -2.31. The summed E-state index contributed by atoms with van der Waals surface area (Å²) >= 11 is 1.44. The van der Waals surface area contributed by atoms with E-state index in [9.17, 15) is 23.2 Å². The second kappa shape index (κ2) is 9.96. The van der Waals surface area contributed by atoms with E-state index in [1.165, 1.54) is 30.0 Å². The van der Waals surface area contributed by atoms with Gasteiger partial charge >= 0.3 is 12.1 Å². The Bertz CT molecular complexity index is 1100. The number of nitrogens with zero attached hydrogens (tertiary/aromatic N) is 1. The number of carbonyl (C=O) groups excluding carboxylic acids is 1. The Hall–Kier alpha value is -3.18. The molecule has 2 aromatic carbocycles. The van der Waals surface area contributed by atoms with E-state index < -0.39 is 23.6 Å². The van der Waals surface area contributed by atoms with Crippen molar-refractivity contribution in [3.63, 3.8) is 0 Å².